The molecule has 0 aliphatic carbocycles. The first-order valence-electron chi connectivity index (χ1n) is 9.26. The van der Waals surface area contributed by atoms with E-state index in [-0.39, 0.29) is 12.5 Å². The average molecular weight is 387 g/mol. The summed E-state index contributed by atoms with van der Waals surface area (Å²) >= 11 is 0. The summed E-state index contributed by atoms with van der Waals surface area (Å²) < 4.78 is 12.9. The molecule has 4 rings (SSSR count). The van der Waals surface area contributed by atoms with E-state index in [0.717, 1.165) is 22.5 Å². The van der Waals surface area contributed by atoms with Gasteiger partial charge >= 0.3 is 0 Å². The highest BCUT2D eigenvalue weighted by Crippen LogP contribution is 2.30. The Kier molecular flexibility index (Phi) is 5.54. The Bertz CT molecular complexity index is 1090. The van der Waals surface area contributed by atoms with Gasteiger partial charge < -0.3 is 19.2 Å². The van der Waals surface area contributed by atoms with E-state index in [9.17, 15) is 4.79 Å². The number of benzene rings is 2. The van der Waals surface area contributed by atoms with Crippen LogP contribution < -0.4 is 10.1 Å². The molecule has 6 nitrogen and oxygen atoms in total. The smallest absolute Gasteiger partial charge is 0.250 e. The van der Waals surface area contributed by atoms with Gasteiger partial charge in [-0.2, -0.15) is 0 Å². The molecule has 0 aliphatic heterocycles. The van der Waals surface area contributed by atoms with Crippen LogP contribution in [0.3, 0.4) is 0 Å². The molecule has 0 saturated heterocycles. The molecule has 6 heteroatoms. The fraction of sp³-hybridized carbons (Fsp3) is 0.130. The highest BCUT2D eigenvalue weighted by atomic mass is 16.5. The van der Waals surface area contributed by atoms with Crippen LogP contribution in [0.15, 0.2) is 79.1 Å². The van der Waals surface area contributed by atoms with Crippen LogP contribution in [0.25, 0.3) is 16.9 Å². The molecule has 29 heavy (non-hydrogen) atoms. The van der Waals surface area contributed by atoms with E-state index in [2.05, 4.69) is 10.3 Å². The number of carbonyl (C=O) groups excluding carboxylic acids is 1. The summed E-state index contributed by atoms with van der Waals surface area (Å²) in [7, 11) is 1.57. The third-order valence-corrected chi connectivity index (χ3v) is 4.48. The normalized spacial score (nSPS) is 10.8. The summed E-state index contributed by atoms with van der Waals surface area (Å²) in [5, 5.41) is 2.87. The largest absolute Gasteiger partial charge is 0.495 e. The van der Waals surface area contributed by atoms with Crippen LogP contribution in [-0.2, 0) is 16.1 Å². The van der Waals surface area contributed by atoms with Crippen molar-refractivity contribution in [2.75, 3.05) is 19.0 Å². The molecule has 2 aromatic carbocycles. The van der Waals surface area contributed by atoms with Gasteiger partial charge in [0.15, 0.2) is 0 Å². The lowest BCUT2D eigenvalue weighted by atomic mass is 10.1. The maximum Gasteiger partial charge on any atom is 0.250 e. The number of imidazole rings is 1. The first-order valence-corrected chi connectivity index (χ1v) is 9.26. The molecule has 0 atom stereocenters. The molecule has 0 bridgehead atoms. The van der Waals surface area contributed by atoms with Crippen LogP contribution in [0.1, 0.15) is 5.56 Å². The van der Waals surface area contributed by atoms with Gasteiger partial charge in [0, 0.05) is 18.0 Å². The highest BCUT2D eigenvalue weighted by molar-refractivity contribution is 5.94. The Morgan fingerprint density at radius 1 is 1.07 bits per heavy atom. The van der Waals surface area contributed by atoms with Gasteiger partial charge in [0.1, 0.15) is 18.0 Å². The molecule has 1 amide bonds. The highest BCUT2D eigenvalue weighted by Gasteiger charge is 2.12. The molecule has 0 unspecified atom stereocenters. The van der Waals surface area contributed by atoms with Gasteiger partial charge in [-0.05, 0) is 35.9 Å². The van der Waals surface area contributed by atoms with Gasteiger partial charge in [-0.15, -0.1) is 0 Å². The number of hydrogen-bond acceptors (Lipinski definition) is 4. The predicted octanol–water partition coefficient (Wildman–Crippen LogP) is 4.17. The number of nitrogens with zero attached hydrogens (tertiary/aromatic N) is 2. The zero-order chi connectivity index (χ0) is 20.1. The van der Waals surface area contributed by atoms with Gasteiger partial charge in [-0.1, -0.05) is 36.4 Å². The molecular formula is C23H21N3O3. The molecule has 2 heterocycles. The molecule has 2 aromatic heterocycles. The van der Waals surface area contributed by atoms with Gasteiger partial charge in [0.2, 0.25) is 5.91 Å². The second-order valence-corrected chi connectivity index (χ2v) is 6.53. The van der Waals surface area contributed by atoms with Crippen molar-refractivity contribution in [3.63, 3.8) is 0 Å². The van der Waals surface area contributed by atoms with E-state index in [4.69, 9.17) is 9.47 Å². The minimum atomic E-state index is -0.244. The molecule has 1 N–H and O–H groups in total. The van der Waals surface area contributed by atoms with Crippen LogP contribution in [0, 0.1) is 0 Å². The van der Waals surface area contributed by atoms with E-state index in [1.54, 1.807) is 7.11 Å². The zero-order valence-corrected chi connectivity index (χ0v) is 16.0. The summed E-state index contributed by atoms with van der Waals surface area (Å²) in [5.41, 5.74) is 4.16. The number of methoxy groups -OCH3 is 1. The van der Waals surface area contributed by atoms with E-state index in [0.29, 0.717) is 18.0 Å². The van der Waals surface area contributed by atoms with Crippen LogP contribution in [-0.4, -0.2) is 29.0 Å². The number of amides is 1. The van der Waals surface area contributed by atoms with Crippen molar-refractivity contribution in [3.05, 3.63) is 84.7 Å². The quantitative estimate of drug-likeness (QED) is 0.517. The minimum absolute atomic E-state index is 0.0450. The lowest BCUT2D eigenvalue weighted by Gasteiger charge is -2.12. The minimum Gasteiger partial charge on any atom is -0.495 e. The number of carbonyl (C=O) groups is 1. The summed E-state index contributed by atoms with van der Waals surface area (Å²) in [6, 6.07) is 21.2. The lowest BCUT2D eigenvalue weighted by Crippen LogP contribution is -2.18. The number of nitrogens with one attached hydrogen (secondary N) is 1. The second-order valence-electron chi connectivity index (χ2n) is 6.53. The van der Waals surface area contributed by atoms with Gasteiger partial charge in [0.05, 0.1) is 25.1 Å². The van der Waals surface area contributed by atoms with E-state index in [1.165, 1.54) is 0 Å². The summed E-state index contributed by atoms with van der Waals surface area (Å²) in [4.78, 5) is 17.0. The van der Waals surface area contributed by atoms with E-state index in [1.807, 2.05) is 83.5 Å². The number of hydrogen-bond donors (Lipinski definition) is 1. The molecule has 0 radical (unpaired) electrons. The third-order valence-electron chi connectivity index (χ3n) is 4.48. The van der Waals surface area contributed by atoms with Gasteiger partial charge in [0.25, 0.3) is 0 Å². The molecule has 0 fully saturated rings. The van der Waals surface area contributed by atoms with Crippen LogP contribution >= 0.6 is 0 Å². The summed E-state index contributed by atoms with van der Waals surface area (Å²) in [6.07, 6.45) is 3.90. The topological polar surface area (TPSA) is 64.9 Å². The van der Waals surface area contributed by atoms with Crippen molar-refractivity contribution in [3.8, 4) is 17.0 Å². The third kappa shape index (κ3) is 4.44. The van der Waals surface area contributed by atoms with Crippen molar-refractivity contribution < 1.29 is 14.3 Å². The number of ether oxygens (including phenoxy) is 2. The molecule has 0 aliphatic rings. The van der Waals surface area contributed by atoms with Crippen LogP contribution in [0.4, 0.5) is 5.69 Å². The summed E-state index contributed by atoms with van der Waals surface area (Å²) in [6.45, 7) is 0.337. The van der Waals surface area contributed by atoms with E-state index >= 15 is 0 Å². The second kappa shape index (κ2) is 8.58. The molecule has 146 valence electrons. The number of pyridine rings is 1. The van der Waals surface area contributed by atoms with Crippen molar-refractivity contribution in [2.24, 2.45) is 0 Å². The fourth-order valence-electron chi connectivity index (χ4n) is 3.06. The van der Waals surface area contributed by atoms with Gasteiger partial charge in [-0.25, -0.2) is 4.98 Å². The van der Waals surface area contributed by atoms with Crippen molar-refractivity contribution in [1.29, 1.82) is 0 Å². The van der Waals surface area contributed by atoms with Crippen molar-refractivity contribution in [2.45, 2.75) is 6.61 Å². The van der Waals surface area contributed by atoms with Crippen molar-refractivity contribution in [1.82, 2.24) is 9.38 Å². The Labute approximate surface area is 168 Å². The Hall–Kier alpha value is -3.64. The maximum absolute atomic E-state index is 12.3. The van der Waals surface area contributed by atoms with Gasteiger partial charge in [-0.3, -0.25) is 4.79 Å². The predicted molar refractivity (Wildman–Crippen MR) is 112 cm³/mol. The monoisotopic (exact) mass is 387 g/mol. The Morgan fingerprint density at radius 2 is 1.90 bits per heavy atom. The number of fused-ring (bicyclic) bond motifs is 1. The van der Waals surface area contributed by atoms with E-state index < -0.39 is 0 Å². The first-order chi connectivity index (χ1) is 14.2. The average Bonchev–Trinajstić information content (AvgIpc) is 3.19. The molecular weight excluding hydrogens is 366 g/mol. The zero-order valence-electron chi connectivity index (χ0n) is 16.0. The number of aromatic nitrogens is 2. The molecule has 0 saturated carbocycles. The Morgan fingerprint density at radius 3 is 2.69 bits per heavy atom. The van der Waals surface area contributed by atoms with Crippen LogP contribution in [0.5, 0.6) is 5.75 Å². The molecule has 4 aromatic rings. The van der Waals surface area contributed by atoms with Crippen LogP contribution in [0.2, 0.25) is 0 Å². The standard InChI is InChI=1S/C23H21N3O3/c1-28-21-11-10-18(20-14-26-12-6-5-9-22(26)24-20)13-19(21)25-23(27)16-29-15-17-7-3-2-4-8-17/h2-14H,15-16H2,1H3,(H,25,27). The summed E-state index contributed by atoms with van der Waals surface area (Å²) in [5.74, 6) is 0.334. The Balaban J connectivity index is 1.47. The first kappa shape index (κ1) is 18.7. The number of rotatable bonds is 7. The fourth-order valence-corrected chi connectivity index (χ4v) is 3.06. The maximum atomic E-state index is 12.3. The van der Waals surface area contributed by atoms with Crippen molar-refractivity contribution >= 4 is 17.2 Å². The molecule has 0 spiro atoms. The number of anilines is 1. The SMILES string of the molecule is COc1ccc(-c2cn3ccccc3n2)cc1NC(=O)COCc1ccccc1. The lowest BCUT2D eigenvalue weighted by molar-refractivity contribution is -0.121.